The lowest BCUT2D eigenvalue weighted by Crippen LogP contribution is -2.51. The first-order valence-electron chi connectivity index (χ1n) is 15.0. The van der Waals surface area contributed by atoms with Crippen LogP contribution in [0.4, 0.5) is 10.5 Å². The maximum Gasteiger partial charge on any atom is 0.407 e. The molecule has 236 valence electrons. The lowest BCUT2D eigenvalue weighted by molar-refractivity contribution is -0.145. The molecular formula is C30H42N4O8S. The predicted octanol–water partition coefficient (Wildman–Crippen LogP) is 2.38. The number of hydrogen-bond donors (Lipinski definition) is 4. The Bertz CT molecular complexity index is 1290. The van der Waals surface area contributed by atoms with Crippen LogP contribution in [0.2, 0.25) is 0 Å². The highest BCUT2D eigenvalue weighted by Crippen LogP contribution is 2.33. The topological polar surface area (TPSA) is 162 Å². The van der Waals surface area contributed by atoms with Crippen LogP contribution in [0.1, 0.15) is 37.7 Å². The summed E-state index contributed by atoms with van der Waals surface area (Å²) >= 11 is 0. The van der Waals surface area contributed by atoms with Gasteiger partial charge in [-0.15, -0.1) is 0 Å². The monoisotopic (exact) mass is 618 g/mol. The molecule has 3 fully saturated rings. The van der Waals surface area contributed by atoms with E-state index >= 15 is 0 Å². The van der Waals surface area contributed by atoms with Gasteiger partial charge in [-0.1, -0.05) is 53.7 Å². The molecule has 2 aromatic rings. The largest absolute Gasteiger partial charge is 0.443 e. The predicted molar refractivity (Wildman–Crippen MR) is 158 cm³/mol. The summed E-state index contributed by atoms with van der Waals surface area (Å²) in [4.78, 5) is 19.1. The number of sulfonamides is 1. The molecule has 5 N–H and O–H groups in total. The fourth-order valence-corrected chi connectivity index (χ4v) is 7.11. The van der Waals surface area contributed by atoms with Crippen molar-refractivity contribution >= 4 is 21.8 Å². The summed E-state index contributed by atoms with van der Waals surface area (Å²) in [5, 5.41) is 17.4. The lowest BCUT2D eigenvalue weighted by Gasteiger charge is -2.31. The Labute approximate surface area is 252 Å². The van der Waals surface area contributed by atoms with Crippen molar-refractivity contribution in [2.45, 2.75) is 74.1 Å². The van der Waals surface area contributed by atoms with Crippen LogP contribution in [0.15, 0.2) is 59.5 Å². The summed E-state index contributed by atoms with van der Waals surface area (Å²) in [6.07, 6.45) is 1.08. The normalized spacial score (nSPS) is 23.7. The van der Waals surface area contributed by atoms with E-state index in [-0.39, 0.29) is 36.2 Å². The molecule has 13 heteroatoms. The molecule has 12 nitrogen and oxygen atoms in total. The number of amides is 1. The van der Waals surface area contributed by atoms with E-state index in [1.165, 1.54) is 12.1 Å². The number of rotatable bonds is 14. The molecular weight excluding hydrogens is 576 g/mol. The minimum absolute atomic E-state index is 0.0151. The Hall–Kier alpha value is -2.78. The van der Waals surface area contributed by atoms with Crippen molar-refractivity contribution in [3.8, 4) is 0 Å². The number of carbonyl (C=O) groups is 1. The number of nitrogens with zero attached hydrogens (tertiary/aromatic N) is 1. The SMILES string of the molecule is NCCNc1cccc(S(=O)(=O)N(C[C@@H](O)[C@H](Cc2ccccc2)NC(=O)OC2COC3OCCC23)OC2CCCC2)c1. The number of benzene rings is 2. The van der Waals surface area contributed by atoms with Gasteiger partial charge in [-0.25, -0.2) is 13.2 Å². The number of hydroxylamine groups is 1. The van der Waals surface area contributed by atoms with E-state index < -0.39 is 40.9 Å². The fraction of sp³-hybridized carbons (Fsp3) is 0.567. The second-order valence-corrected chi connectivity index (χ2v) is 13.1. The first-order chi connectivity index (χ1) is 20.8. The van der Waals surface area contributed by atoms with Gasteiger partial charge in [0.1, 0.15) is 6.10 Å². The van der Waals surface area contributed by atoms with Crippen molar-refractivity contribution in [3.05, 3.63) is 60.2 Å². The molecule has 2 aliphatic heterocycles. The van der Waals surface area contributed by atoms with E-state index in [1.807, 2.05) is 30.3 Å². The summed E-state index contributed by atoms with van der Waals surface area (Å²) in [5.41, 5.74) is 7.05. The lowest BCUT2D eigenvalue weighted by atomic mass is 10.0. The molecule has 1 amide bonds. The van der Waals surface area contributed by atoms with Gasteiger partial charge in [-0.05, 0) is 49.4 Å². The zero-order chi connectivity index (χ0) is 30.2. The van der Waals surface area contributed by atoms with Crippen molar-refractivity contribution in [1.82, 2.24) is 9.79 Å². The van der Waals surface area contributed by atoms with Gasteiger partial charge >= 0.3 is 6.09 Å². The van der Waals surface area contributed by atoms with Gasteiger partial charge < -0.3 is 35.7 Å². The Morgan fingerprint density at radius 3 is 2.65 bits per heavy atom. The number of nitrogens with two attached hydrogens (primary N) is 1. The van der Waals surface area contributed by atoms with Crippen molar-refractivity contribution in [2.24, 2.45) is 11.7 Å². The molecule has 3 unspecified atom stereocenters. The van der Waals surface area contributed by atoms with E-state index in [4.69, 9.17) is 24.8 Å². The molecule has 5 rings (SSSR count). The van der Waals surface area contributed by atoms with E-state index in [9.17, 15) is 18.3 Å². The van der Waals surface area contributed by atoms with Crippen LogP contribution in [0.3, 0.4) is 0 Å². The molecule has 1 saturated carbocycles. The maximum atomic E-state index is 13.9. The number of anilines is 1. The highest BCUT2D eigenvalue weighted by atomic mass is 32.2. The summed E-state index contributed by atoms with van der Waals surface area (Å²) < 4.78 is 45.5. The summed E-state index contributed by atoms with van der Waals surface area (Å²) in [7, 11) is -4.19. The van der Waals surface area contributed by atoms with Crippen molar-refractivity contribution in [2.75, 3.05) is 38.2 Å². The molecule has 0 aromatic heterocycles. The van der Waals surface area contributed by atoms with E-state index in [2.05, 4.69) is 10.6 Å². The second-order valence-electron chi connectivity index (χ2n) is 11.2. The number of carbonyl (C=O) groups excluding carboxylic acids is 1. The Morgan fingerprint density at radius 1 is 1.09 bits per heavy atom. The Kier molecular flexibility index (Phi) is 10.9. The van der Waals surface area contributed by atoms with Gasteiger partial charge in [0.05, 0.1) is 48.8 Å². The second kappa shape index (κ2) is 14.8. The Morgan fingerprint density at radius 2 is 1.88 bits per heavy atom. The average molecular weight is 619 g/mol. The zero-order valence-corrected chi connectivity index (χ0v) is 25.0. The number of aliphatic hydroxyl groups is 1. The number of ether oxygens (including phenoxy) is 3. The van der Waals surface area contributed by atoms with Gasteiger partial charge in [0.15, 0.2) is 6.29 Å². The van der Waals surface area contributed by atoms with E-state index in [0.29, 0.717) is 38.2 Å². The number of hydrogen-bond acceptors (Lipinski definition) is 10. The zero-order valence-electron chi connectivity index (χ0n) is 24.2. The highest BCUT2D eigenvalue weighted by Gasteiger charge is 2.44. The third-order valence-corrected chi connectivity index (χ3v) is 9.71. The molecule has 0 spiro atoms. The molecule has 1 aliphatic carbocycles. The molecule has 5 atom stereocenters. The minimum atomic E-state index is -4.19. The van der Waals surface area contributed by atoms with Crippen molar-refractivity contribution in [1.29, 1.82) is 0 Å². The van der Waals surface area contributed by atoms with Crippen molar-refractivity contribution < 1.29 is 37.4 Å². The number of alkyl carbamates (subject to hydrolysis) is 1. The van der Waals surface area contributed by atoms with E-state index in [1.54, 1.807) is 12.1 Å². The summed E-state index contributed by atoms with van der Waals surface area (Å²) in [5.74, 6) is -0.0428. The molecule has 3 aliphatic rings. The van der Waals surface area contributed by atoms with Gasteiger partial charge in [-0.3, -0.25) is 4.84 Å². The van der Waals surface area contributed by atoms with Crippen molar-refractivity contribution in [3.63, 3.8) is 0 Å². The Balaban J connectivity index is 1.34. The fourth-order valence-electron chi connectivity index (χ4n) is 5.76. The first-order valence-corrected chi connectivity index (χ1v) is 16.4. The van der Waals surface area contributed by atoms with Gasteiger partial charge in [0.25, 0.3) is 10.0 Å². The van der Waals surface area contributed by atoms with E-state index in [0.717, 1.165) is 29.3 Å². The molecule has 2 saturated heterocycles. The smallest absolute Gasteiger partial charge is 0.407 e. The molecule has 0 radical (unpaired) electrons. The molecule has 2 aromatic carbocycles. The summed E-state index contributed by atoms with van der Waals surface area (Å²) in [6, 6.07) is 14.9. The van der Waals surface area contributed by atoms with Crippen LogP contribution < -0.4 is 16.4 Å². The first kappa shape index (κ1) is 31.6. The number of aliphatic hydroxyl groups excluding tert-OH is 1. The highest BCUT2D eigenvalue weighted by molar-refractivity contribution is 7.89. The minimum Gasteiger partial charge on any atom is -0.443 e. The number of fused-ring (bicyclic) bond motifs is 1. The number of nitrogens with one attached hydrogen (secondary N) is 2. The molecule has 0 bridgehead atoms. The standard InChI is InChI=1S/C30H42N4O8S/c31-14-15-32-22-9-6-12-24(18-22)43(37,38)34(42-23-10-4-5-11-23)19-27(35)26(17-21-7-2-1-3-8-21)33-30(36)41-28-20-40-29-25(28)13-16-39-29/h1-3,6-9,12,18,23,25-29,32,35H,4-5,10-11,13-17,19-20,31H2,(H,33,36)/t25?,26-,27+,28?,29?/m0/s1. The van der Waals surface area contributed by atoms with Crippen LogP contribution in [0.25, 0.3) is 0 Å². The molecule has 43 heavy (non-hydrogen) atoms. The van der Waals surface area contributed by atoms with Crippen LogP contribution in [-0.2, 0) is 35.5 Å². The van der Waals surface area contributed by atoms with Gasteiger partial charge in [0, 0.05) is 18.8 Å². The average Bonchev–Trinajstić information content (AvgIpc) is 3.77. The van der Waals surface area contributed by atoms with Crippen LogP contribution in [0, 0.1) is 5.92 Å². The van der Waals surface area contributed by atoms with Crippen LogP contribution >= 0.6 is 0 Å². The summed E-state index contributed by atoms with van der Waals surface area (Å²) in [6.45, 7) is 1.25. The van der Waals surface area contributed by atoms with Gasteiger partial charge in [-0.2, -0.15) is 0 Å². The maximum absolute atomic E-state index is 13.9. The molecule has 2 heterocycles. The third kappa shape index (κ3) is 8.24. The quantitative estimate of drug-likeness (QED) is 0.231. The van der Waals surface area contributed by atoms with Crippen LogP contribution in [-0.4, -0.2) is 87.6 Å². The third-order valence-electron chi connectivity index (χ3n) is 8.09. The van der Waals surface area contributed by atoms with Crippen LogP contribution in [0.5, 0.6) is 0 Å². The van der Waals surface area contributed by atoms with Gasteiger partial charge in [0.2, 0.25) is 0 Å².